The molecule has 0 saturated carbocycles. The summed E-state index contributed by atoms with van der Waals surface area (Å²) >= 11 is 0. The molecule has 0 aromatic carbocycles. The zero-order valence-corrected chi connectivity index (χ0v) is 4.59. The summed E-state index contributed by atoms with van der Waals surface area (Å²) in [5, 5.41) is 2.75. The topological polar surface area (TPSA) is 12.0 Å². The third kappa shape index (κ3) is 2690. The second-order valence-corrected chi connectivity index (χ2v) is 0.767. The van der Waals surface area contributed by atoms with E-state index in [4.69, 9.17) is 0 Å². The van der Waals surface area contributed by atoms with Gasteiger partial charge in [0.1, 0.15) is 0 Å². The van der Waals surface area contributed by atoms with Gasteiger partial charge in [-0.2, -0.15) is 0 Å². The molecule has 0 unspecified atom stereocenters. The minimum absolute atomic E-state index is 0.250. The Bertz CT molecular complexity index is 9.51. The molecule has 0 radical (unpaired) electrons. The Kier molecular flexibility index (Phi) is 32.1. The van der Waals surface area contributed by atoms with Crippen molar-refractivity contribution in [2.75, 3.05) is 20.8 Å². The van der Waals surface area contributed by atoms with Gasteiger partial charge in [0.05, 0.1) is 6.67 Å². The van der Waals surface area contributed by atoms with Crippen molar-refractivity contribution in [2.24, 2.45) is 0 Å². The maximum atomic E-state index is 10.3. The van der Waals surface area contributed by atoms with E-state index < -0.39 is 0 Å². The average molecular weight is 93.1 g/mol. The van der Waals surface area contributed by atoms with Crippen molar-refractivity contribution in [1.29, 1.82) is 0 Å². The van der Waals surface area contributed by atoms with E-state index in [0.717, 1.165) is 0 Å². The van der Waals surface area contributed by atoms with E-state index in [1.54, 1.807) is 0 Å². The molecule has 2 heteroatoms. The summed E-state index contributed by atoms with van der Waals surface area (Å²) < 4.78 is 10.3. The molecule has 1 N–H and O–H groups in total. The van der Waals surface area contributed by atoms with Crippen LogP contribution in [0.5, 0.6) is 0 Å². The van der Waals surface area contributed by atoms with Gasteiger partial charge in [0.25, 0.3) is 0 Å². The molecule has 0 bridgehead atoms. The van der Waals surface area contributed by atoms with Crippen LogP contribution < -0.4 is 5.32 Å². The van der Waals surface area contributed by atoms with Gasteiger partial charge in [-0.3, -0.25) is 4.39 Å². The Labute approximate surface area is 38.6 Å². The summed E-state index contributed by atoms with van der Waals surface area (Å²) in [6, 6.07) is 0. The first kappa shape index (κ1) is 9.31. The third-order valence-corrected chi connectivity index (χ3v) is 0. The third-order valence-electron chi connectivity index (χ3n) is 0. The summed E-state index contributed by atoms with van der Waals surface area (Å²) in [6.45, 7) is 1.21. The van der Waals surface area contributed by atoms with Crippen molar-refractivity contribution < 1.29 is 4.39 Å². The van der Waals surface area contributed by atoms with Crippen molar-refractivity contribution in [3.8, 4) is 0 Å². The molecule has 6 heavy (non-hydrogen) atoms. The zero-order valence-electron chi connectivity index (χ0n) is 4.59. The van der Waals surface area contributed by atoms with Crippen molar-refractivity contribution in [3.63, 3.8) is 0 Å². The summed E-state index contributed by atoms with van der Waals surface area (Å²) in [6.07, 6.45) is 0. The number of nitrogens with one attached hydrogen (secondary N) is 1. The highest BCUT2D eigenvalue weighted by atomic mass is 19.1. The molecule has 1 nitrogen and oxygen atoms in total. The maximum Gasteiger partial charge on any atom is 0.0866 e. The number of rotatable bonds is 0. The molecule has 0 aliphatic rings. The van der Waals surface area contributed by atoms with Crippen LogP contribution in [0.1, 0.15) is 6.92 Å². The van der Waals surface area contributed by atoms with Gasteiger partial charge in [0.15, 0.2) is 0 Å². The van der Waals surface area contributed by atoms with Crippen LogP contribution in [0.4, 0.5) is 4.39 Å². The molecule has 0 atom stereocenters. The van der Waals surface area contributed by atoms with E-state index in [1.807, 2.05) is 14.1 Å². The Morgan fingerprint density at radius 2 is 1.50 bits per heavy atom. The van der Waals surface area contributed by atoms with E-state index in [0.29, 0.717) is 0 Å². The summed E-state index contributed by atoms with van der Waals surface area (Å²) in [7, 11) is 3.75. The highest BCUT2D eigenvalue weighted by Crippen LogP contribution is 1.48. The standard InChI is InChI=1S/C2H5F.C2H7N/c1-2-3;1-3-2/h2H2,1H3;3H,1-2H3. The maximum absolute atomic E-state index is 10.3. The predicted octanol–water partition coefficient (Wildman–Crippen LogP) is 0.811. The minimum Gasteiger partial charge on any atom is -0.323 e. The van der Waals surface area contributed by atoms with Crippen LogP contribution in [-0.2, 0) is 0 Å². The fourth-order valence-electron chi connectivity index (χ4n) is 0. The first-order valence-corrected chi connectivity index (χ1v) is 1.97. The number of halogens is 1. The molecule has 0 aliphatic carbocycles. The lowest BCUT2D eigenvalue weighted by atomic mass is 10.9. The summed E-state index contributed by atoms with van der Waals surface area (Å²) in [4.78, 5) is 0. The quantitative estimate of drug-likeness (QED) is 0.467. The van der Waals surface area contributed by atoms with Crippen molar-refractivity contribution in [3.05, 3.63) is 0 Å². The number of hydrogen-bond donors (Lipinski definition) is 1. The van der Waals surface area contributed by atoms with E-state index in [1.165, 1.54) is 6.92 Å². The normalized spacial score (nSPS) is 6.00. The van der Waals surface area contributed by atoms with Crippen molar-refractivity contribution in [2.45, 2.75) is 6.92 Å². The highest BCUT2D eigenvalue weighted by molar-refractivity contribution is 3.91. The molecular formula is C4H12FN. The van der Waals surface area contributed by atoms with Gasteiger partial charge in [-0.15, -0.1) is 0 Å². The van der Waals surface area contributed by atoms with Crippen LogP contribution in [-0.4, -0.2) is 20.8 Å². The second-order valence-electron chi connectivity index (χ2n) is 0.767. The first-order chi connectivity index (χ1) is 2.83. The molecule has 0 saturated heterocycles. The van der Waals surface area contributed by atoms with Crippen LogP contribution in [0.2, 0.25) is 0 Å². The van der Waals surface area contributed by atoms with Crippen molar-refractivity contribution >= 4 is 0 Å². The van der Waals surface area contributed by atoms with Gasteiger partial charge in [0.2, 0.25) is 0 Å². The molecule has 0 aromatic rings. The zero-order chi connectivity index (χ0) is 5.41. The van der Waals surface area contributed by atoms with Gasteiger partial charge in [-0.1, -0.05) is 0 Å². The first-order valence-electron chi connectivity index (χ1n) is 1.97. The Balaban J connectivity index is 0. The van der Waals surface area contributed by atoms with Crippen LogP contribution in [0.25, 0.3) is 0 Å². The molecule has 0 rings (SSSR count). The summed E-state index contributed by atoms with van der Waals surface area (Å²) in [5.74, 6) is 0. The minimum atomic E-state index is -0.250. The fraction of sp³-hybridized carbons (Fsp3) is 1.00. The molecule has 40 valence electrons. The molecule has 0 fully saturated rings. The molecule has 0 amide bonds. The molecule has 0 heterocycles. The van der Waals surface area contributed by atoms with Crippen LogP contribution in [0, 0.1) is 0 Å². The van der Waals surface area contributed by atoms with Gasteiger partial charge in [-0.05, 0) is 21.0 Å². The lowest BCUT2D eigenvalue weighted by Crippen LogP contribution is -1.89. The SMILES string of the molecule is CCF.CNC. The van der Waals surface area contributed by atoms with E-state index in [2.05, 4.69) is 5.32 Å². The van der Waals surface area contributed by atoms with Crippen LogP contribution in [0.15, 0.2) is 0 Å². The largest absolute Gasteiger partial charge is 0.323 e. The van der Waals surface area contributed by atoms with Crippen LogP contribution >= 0.6 is 0 Å². The fourth-order valence-corrected chi connectivity index (χ4v) is 0. The van der Waals surface area contributed by atoms with E-state index in [9.17, 15) is 4.39 Å². The predicted molar refractivity (Wildman–Crippen MR) is 26.6 cm³/mol. The molecule has 0 spiro atoms. The highest BCUT2D eigenvalue weighted by Gasteiger charge is 1.39. The van der Waals surface area contributed by atoms with E-state index >= 15 is 0 Å². The Morgan fingerprint density at radius 3 is 1.50 bits per heavy atom. The number of alkyl halides is 1. The van der Waals surface area contributed by atoms with Crippen LogP contribution in [0.3, 0.4) is 0 Å². The molecular weight excluding hydrogens is 81.0 g/mol. The smallest absolute Gasteiger partial charge is 0.0866 e. The Morgan fingerprint density at radius 1 is 1.50 bits per heavy atom. The Hall–Kier alpha value is -0.110. The molecule has 0 aromatic heterocycles. The van der Waals surface area contributed by atoms with Gasteiger partial charge >= 0.3 is 0 Å². The monoisotopic (exact) mass is 93.1 g/mol. The lowest BCUT2D eigenvalue weighted by molar-refractivity contribution is 0.527. The lowest BCUT2D eigenvalue weighted by Gasteiger charge is -1.59. The average Bonchev–Trinajstić information content (AvgIpc) is 1.39. The van der Waals surface area contributed by atoms with Gasteiger partial charge in [0, 0.05) is 0 Å². The van der Waals surface area contributed by atoms with E-state index in [-0.39, 0.29) is 6.67 Å². The molecule has 0 aliphatic heterocycles. The van der Waals surface area contributed by atoms with Gasteiger partial charge in [-0.25, -0.2) is 0 Å². The van der Waals surface area contributed by atoms with Crippen molar-refractivity contribution in [1.82, 2.24) is 5.32 Å². The number of hydrogen-bond acceptors (Lipinski definition) is 1. The summed E-state index contributed by atoms with van der Waals surface area (Å²) in [5.41, 5.74) is 0. The second kappa shape index (κ2) is 20.7. The van der Waals surface area contributed by atoms with Gasteiger partial charge < -0.3 is 5.32 Å².